The molecular weight excluding hydrogens is 236 g/mol. The molecule has 0 aliphatic rings. The highest BCUT2D eigenvalue weighted by Gasteiger charge is 2.07. The molecule has 0 rings (SSSR count). The summed E-state index contributed by atoms with van der Waals surface area (Å²) in [6.45, 7) is 8.74. The minimum absolute atomic E-state index is 0.193. The van der Waals surface area contributed by atoms with E-state index in [4.69, 9.17) is 4.74 Å². The van der Waals surface area contributed by atoms with E-state index in [9.17, 15) is 4.79 Å². The van der Waals surface area contributed by atoms with E-state index in [2.05, 4.69) is 20.4 Å². The van der Waals surface area contributed by atoms with Crippen molar-refractivity contribution in [2.75, 3.05) is 6.61 Å². The van der Waals surface area contributed by atoms with E-state index in [1.165, 1.54) is 44.9 Å². The van der Waals surface area contributed by atoms with E-state index in [1.54, 1.807) is 0 Å². The molecule has 0 spiro atoms. The fourth-order valence-corrected chi connectivity index (χ4v) is 2.02. The molecule has 0 N–H and O–H groups in total. The van der Waals surface area contributed by atoms with Gasteiger partial charge in [0.2, 0.25) is 0 Å². The van der Waals surface area contributed by atoms with Crippen molar-refractivity contribution in [2.24, 2.45) is 0 Å². The van der Waals surface area contributed by atoms with Crippen LogP contribution >= 0.6 is 0 Å². The van der Waals surface area contributed by atoms with Gasteiger partial charge in [0, 0.05) is 5.57 Å². The average molecular weight is 268 g/mol. The Hall–Kier alpha value is -0.790. The molecule has 0 saturated heterocycles. The van der Waals surface area contributed by atoms with Crippen molar-refractivity contribution in [3.8, 4) is 0 Å². The van der Waals surface area contributed by atoms with Crippen molar-refractivity contribution in [3.63, 3.8) is 0 Å². The van der Waals surface area contributed by atoms with E-state index >= 15 is 0 Å². The van der Waals surface area contributed by atoms with Gasteiger partial charge in [-0.05, 0) is 19.3 Å². The minimum atomic E-state index is -0.193. The van der Waals surface area contributed by atoms with Gasteiger partial charge >= 0.3 is 5.97 Å². The lowest BCUT2D eigenvalue weighted by molar-refractivity contribution is -0.139. The predicted octanol–water partition coefficient (Wildman–Crippen LogP) is 5.42. The van der Waals surface area contributed by atoms with Crippen LogP contribution in [0.1, 0.15) is 84.5 Å². The number of carbonyl (C=O) groups is 1. The van der Waals surface area contributed by atoms with Gasteiger partial charge in [-0.3, -0.25) is 0 Å². The Bertz CT molecular complexity index is 233. The summed E-state index contributed by atoms with van der Waals surface area (Å²) in [6, 6.07) is 0. The molecule has 0 saturated carbocycles. The Morgan fingerprint density at radius 3 is 2.00 bits per heavy atom. The van der Waals surface area contributed by atoms with E-state index in [0.29, 0.717) is 12.2 Å². The van der Waals surface area contributed by atoms with Crippen molar-refractivity contribution < 1.29 is 9.53 Å². The first-order valence-corrected chi connectivity index (χ1v) is 8.07. The molecular formula is C17H32O2. The molecule has 0 atom stereocenters. The molecule has 2 nitrogen and oxygen atoms in total. The molecule has 0 aliphatic heterocycles. The van der Waals surface area contributed by atoms with Crippen LogP contribution in [0.4, 0.5) is 0 Å². The topological polar surface area (TPSA) is 26.3 Å². The average Bonchev–Trinajstić information content (AvgIpc) is 2.41. The molecule has 0 aromatic heterocycles. The summed E-state index contributed by atoms with van der Waals surface area (Å²) in [5.41, 5.74) is 0.636. The van der Waals surface area contributed by atoms with Gasteiger partial charge in [0.05, 0.1) is 6.61 Å². The zero-order valence-electron chi connectivity index (χ0n) is 13.0. The highest BCUT2D eigenvalue weighted by molar-refractivity contribution is 5.87. The summed E-state index contributed by atoms with van der Waals surface area (Å²) >= 11 is 0. The second-order valence-electron chi connectivity index (χ2n) is 5.32. The van der Waals surface area contributed by atoms with Gasteiger partial charge in [0.1, 0.15) is 0 Å². The second-order valence-corrected chi connectivity index (χ2v) is 5.32. The second kappa shape index (κ2) is 13.6. The van der Waals surface area contributed by atoms with Gasteiger partial charge in [-0.25, -0.2) is 4.79 Å². The van der Waals surface area contributed by atoms with Crippen molar-refractivity contribution in [1.82, 2.24) is 0 Å². The highest BCUT2D eigenvalue weighted by atomic mass is 16.5. The van der Waals surface area contributed by atoms with E-state index in [1.807, 2.05) is 0 Å². The summed E-state index contributed by atoms with van der Waals surface area (Å²) in [5.74, 6) is -0.193. The third-order valence-electron chi connectivity index (χ3n) is 3.35. The monoisotopic (exact) mass is 268 g/mol. The van der Waals surface area contributed by atoms with Crippen LogP contribution in [-0.4, -0.2) is 12.6 Å². The Morgan fingerprint density at radius 2 is 1.37 bits per heavy atom. The van der Waals surface area contributed by atoms with Crippen LogP contribution in [0.25, 0.3) is 0 Å². The van der Waals surface area contributed by atoms with Gasteiger partial charge in [0.15, 0.2) is 0 Å². The summed E-state index contributed by atoms with van der Waals surface area (Å²) in [7, 11) is 0. The molecule has 112 valence electrons. The van der Waals surface area contributed by atoms with Crippen LogP contribution in [-0.2, 0) is 9.53 Å². The molecule has 0 unspecified atom stereocenters. The summed E-state index contributed by atoms with van der Waals surface area (Å²) in [5, 5.41) is 0. The van der Waals surface area contributed by atoms with Crippen LogP contribution in [0, 0.1) is 0 Å². The molecule has 0 aromatic rings. The maximum absolute atomic E-state index is 11.6. The summed E-state index contributed by atoms with van der Waals surface area (Å²) in [4.78, 5) is 11.6. The fraction of sp³-hybridized carbons (Fsp3) is 0.824. The third kappa shape index (κ3) is 12.0. The molecule has 0 amide bonds. The van der Waals surface area contributed by atoms with Gasteiger partial charge in [-0.1, -0.05) is 71.8 Å². The molecule has 0 radical (unpaired) electrons. The first-order chi connectivity index (χ1) is 9.22. The number of esters is 1. The smallest absolute Gasteiger partial charge is 0.333 e. The van der Waals surface area contributed by atoms with Crippen molar-refractivity contribution in [1.29, 1.82) is 0 Å². The molecule has 0 bridgehead atoms. The number of ether oxygens (including phenoxy) is 1. The van der Waals surface area contributed by atoms with Gasteiger partial charge < -0.3 is 4.74 Å². The van der Waals surface area contributed by atoms with Crippen molar-refractivity contribution >= 4 is 5.97 Å². The number of rotatable bonds is 13. The Labute approximate surface area is 119 Å². The van der Waals surface area contributed by atoms with E-state index < -0.39 is 0 Å². The van der Waals surface area contributed by atoms with Crippen LogP contribution in [0.2, 0.25) is 0 Å². The zero-order chi connectivity index (χ0) is 14.3. The standard InChI is InChI=1S/C17H32O2/c1-4-6-8-9-10-11-13-15-19-17(18)16(3)14-12-7-5-2/h3-15H2,1-2H3. The highest BCUT2D eigenvalue weighted by Crippen LogP contribution is 2.10. The van der Waals surface area contributed by atoms with Crippen molar-refractivity contribution in [3.05, 3.63) is 12.2 Å². The SMILES string of the molecule is C=C(CCCCC)C(=O)OCCCCCCCCC. The fourth-order valence-electron chi connectivity index (χ4n) is 2.02. The molecule has 0 aromatic carbocycles. The number of unbranched alkanes of at least 4 members (excludes halogenated alkanes) is 8. The quantitative estimate of drug-likeness (QED) is 0.253. The van der Waals surface area contributed by atoms with Crippen molar-refractivity contribution in [2.45, 2.75) is 84.5 Å². The first kappa shape index (κ1) is 18.2. The number of carbonyl (C=O) groups excluding carboxylic acids is 1. The predicted molar refractivity (Wildman–Crippen MR) is 82.2 cm³/mol. The Morgan fingerprint density at radius 1 is 0.842 bits per heavy atom. The van der Waals surface area contributed by atoms with Crippen LogP contribution < -0.4 is 0 Å². The van der Waals surface area contributed by atoms with Gasteiger partial charge in [-0.2, -0.15) is 0 Å². The van der Waals surface area contributed by atoms with Crippen LogP contribution in [0.5, 0.6) is 0 Å². The van der Waals surface area contributed by atoms with Crippen LogP contribution in [0.3, 0.4) is 0 Å². The summed E-state index contributed by atoms with van der Waals surface area (Å²) < 4.78 is 5.22. The van der Waals surface area contributed by atoms with E-state index in [0.717, 1.165) is 25.7 Å². The maximum Gasteiger partial charge on any atom is 0.333 e. The third-order valence-corrected chi connectivity index (χ3v) is 3.35. The number of hydrogen-bond donors (Lipinski definition) is 0. The largest absolute Gasteiger partial charge is 0.462 e. The van der Waals surface area contributed by atoms with Crippen LogP contribution in [0.15, 0.2) is 12.2 Å². The zero-order valence-corrected chi connectivity index (χ0v) is 13.0. The maximum atomic E-state index is 11.6. The normalized spacial score (nSPS) is 10.4. The number of hydrogen-bond acceptors (Lipinski definition) is 2. The lowest BCUT2D eigenvalue weighted by atomic mass is 10.1. The molecule has 2 heteroatoms. The minimum Gasteiger partial charge on any atom is -0.462 e. The Kier molecular flexibility index (Phi) is 13.1. The molecule has 19 heavy (non-hydrogen) atoms. The van der Waals surface area contributed by atoms with Gasteiger partial charge in [0.25, 0.3) is 0 Å². The molecule has 0 heterocycles. The molecule has 0 aliphatic carbocycles. The molecule has 0 fully saturated rings. The van der Waals surface area contributed by atoms with Gasteiger partial charge in [-0.15, -0.1) is 0 Å². The lowest BCUT2D eigenvalue weighted by Gasteiger charge is -2.07. The first-order valence-electron chi connectivity index (χ1n) is 8.07. The van der Waals surface area contributed by atoms with E-state index in [-0.39, 0.29) is 5.97 Å². The lowest BCUT2D eigenvalue weighted by Crippen LogP contribution is -2.08. The summed E-state index contributed by atoms with van der Waals surface area (Å²) in [6.07, 6.45) is 12.8. The Balaban J connectivity index is 3.35.